The molecule has 4 rings (SSSR count). The first-order chi connectivity index (χ1) is 17.3. The van der Waals surface area contributed by atoms with Gasteiger partial charge in [0.15, 0.2) is 5.82 Å². The van der Waals surface area contributed by atoms with Crippen LogP contribution in [0.4, 0.5) is 10.2 Å². The van der Waals surface area contributed by atoms with Crippen molar-refractivity contribution in [3.8, 4) is 40.0 Å². The number of amides is 1. The summed E-state index contributed by atoms with van der Waals surface area (Å²) in [4.78, 5) is 29.0. The Hall–Kier alpha value is -5.23. The number of phenols is 1. The number of rotatable bonds is 6. The third-order valence-corrected chi connectivity index (χ3v) is 5.37. The number of carbonyl (C=O) groups is 2. The molecular formula is C27H18FN3O5. The molecule has 0 unspecified atom stereocenters. The second-order valence-corrected chi connectivity index (χ2v) is 7.59. The van der Waals surface area contributed by atoms with E-state index in [4.69, 9.17) is 4.74 Å². The van der Waals surface area contributed by atoms with Gasteiger partial charge in [0, 0.05) is 17.2 Å². The van der Waals surface area contributed by atoms with Crippen LogP contribution in [0, 0.1) is 17.1 Å². The van der Waals surface area contributed by atoms with E-state index in [-0.39, 0.29) is 39.3 Å². The van der Waals surface area contributed by atoms with Crippen molar-refractivity contribution in [1.29, 1.82) is 5.26 Å². The van der Waals surface area contributed by atoms with Crippen molar-refractivity contribution in [3.05, 3.63) is 95.3 Å². The molecule has 0 aliphatic rings. The van der Waals surface area contributed by atoms with Gasteiger partial charge in [-0.15, -0.1) is 0 Å². The van der Waals surface area contributed by atoms with Gasteiger partial charge >= 0.3 is 5.97 Å². The number of anilines is 1. The lowest BCUT2D eigenvalue weighted by Gasteiger charge is -2.15. The second-order valence-electron chi connectivity index (χ2n) is 7.59. The Labute approximate surface area is 204 Å². The Balaban J connectivity index is 1.93. The number of pyridine rings is 1. The molecule has 178 valence electrons. The Morgan fingerprint density at radius 3 is 2.50 bits per heavy atom. The van der Waals surface area contributed by atoms with E-state index in [9.17, 15) is 29.5 Å². The topological polar surface area (TPSA) is 133 Å². The molecule has 36 heavy (non-hydrogen) atoms. The lowest BCUT2D eigenvalue weighted by Crippen LogP contribution is -2.16. The van der Waals surface area contributed by atoms with Gasteiger partial charge in [0.2, 0.25) is 0 Å². The number of hydrogen-bond donors (Lipinski definition) is 3. The largest absolute Gasteiger partial charge is 0.507 e. The van der Waals surface area contributed by atoms with Gasteiger partial charge in [-0.2, -0.15) is 5.26 Å². The number of aromatic hydroxyl groups is 1. The number of aromatic nitrogens is 1. The molecular weight excluding hydrogens is 465 g/mol. The number of carboxylic acid groups (broad SMARTS) is 1. The number of hydrogen-bond acceptors (Lipinski definition) is 6. The van der Waals surface area contributed by atoms with Gasteiger partial charge in [-0.25, -0.2) is 14.2 Å². The van der Waals surface area contributed by atoms with Gasteiger partial charge in [0.25, 0.3) is 5.91 Å². The molecule has 0 radical (unpaired) electrons. The number of methoxy groups -OCH3 is 1. The second kappa shape index (κ2) is 9.95. The fourth-order valence-corrected chi connectivity index (χ4v) is 3.66. The summed E-state index contributed by atoms with van der Waals surface area (Å²) in [6.07, 6.45) is 0. The quantitative estimate of drug-likeness (QED) is 0.348. The van der Waals surface area contributed by atoms with Crippen LogP contribution in [0.15, 0.2) is 72.8 Å². The van der Waals surface area contributed by atoms with Gasteiger partial charge in [-0.05, 0) is 48.0 Å². The number of nitriles is 1. The standard InChI is InChI=1S/C27H18FN3O5/c1-36-24-8-3-2-7-19(24)26(33)31-25-21(14-29)20(15-5-4-6-16(11-15)27(34)35)13-22(30-25)18-10-9-17(28)12-23(18)32/h2-13,32H,1H3,(H,34,35)(H,30,31,33). The third-order valence-electron chi connectivity index (χ3n) is 5.37. The van der Waals surface area contributed by atoms with Gasteiger partial charge in [-0.3, -0.25) is 4.79 Å². The molecule has 0 atom stereocenters. The summed E-state index contributed by atoms with van der Waals surface area (Å²) in [5, 5.41) is 32.4. The molecule has 4 aromatic rings. The highest BCUT2D eigenvalue weighted by molar-refractivity contribution is 6.07. The number of aromatic carboxylic acids is 1. The van der Waals surface area contributed by atoms with Crippen LogP contribution in [0.5, 0.6) is 11.5 Å². The van der Waals surface area contributed by atoms with Crippen LogP contribution in [-0.2, 0) is 0 Å². The van der Waals surface area contributed by atoms with Crippen LogP contribution in [-0.4, -0.2) is 34.2 Å². The maximum absolute atomic E-state index is 13.6. The number of ether oxygens (including phenoxy) is 1. The van der Waals surface area contributed by atoms with Crippen molar-refractivity contribution >= 4 is 17.7 Å². The van der Waals surface area contributed by atoms with Crippen molar-refractivity contribution in [2.45, 2.75) is 0 Å². The number of halogens is 1. The number of nitrogens with zero attached hydrogens (tertiary/aromatic N) is 2. The first-order valence-corrected chi connectivity index (χ1v) is 10.5. The molecule has 1 amide bonds. The van der Waals surface area contributed by atoms with Gasteiger partial charge in [0.05, 0.1) is 23.9 Å². The van der Waals surface area contributed by atoms with Crippen molar-refractivity contribution in [3.63, 3.8) is 0 Å². The highest BCUT2D eigenvalue weighted by Crippen LogP contribution is 2.36. The normalized spacial score (nSPS) is 10.4. The predicted molar refractivity (Wildman–Crippen MR) is 129 cm³/mol. The summed E-state index contributed by atoms with van der Waals surface area (Å²) in [6, 6.07) is 19.2. The van der Waals surface area contributed by atoms with Gasteiger partial charge in [-0.1, -0.05) is 24.3 Å². The van der Waals surface area contributed by atoms with Crippen LogP contribution in [0.2, 0.25) is 0 Å². The van der Waals surface area contributed by atoms with Crippen LogP contribution < -0.4 is 10.1 Å². The Kier molecular flexibility index (Phi) is 6.61. The number of phenolic OH excluding ortho intramolecular Hbond substituents is 1. The SMILES string of the molecule is COc1ccccc1C(=O)Nc1nc(-c2ccc(F)cc2O)cc(-c2cccc(C(=O)O)c2)c1C#N. The van der Waals surface area contributed by atoms with E-state index in [1.807, 2.05) is 6.07 Å². The molecule has 0 bridgehead atoms. The highest BCUT2D eigenvalue weighted by atomic mass is 19.1. The molecule has 1 heterocycles. The van der Waals surface area contributed by atoms with E-state index in [0.29, 0.717) is 11.3 Å². The monoisotopic (exact) mass is 483 g/mol. The van der Waals surface area contributed by atoms with Gasteiger partial charge < -0.3 is 20.3 Å². The van der Waals surface area contributed by atoms with Crippen molar-refractivity contribution in [2.24, 2.45) is 0 Å². The summed E-state index contributed by atoms with van der Waals surface area (Å²) >= 11 is 0. The molecule has 0 aliphatic heterocycles. The number of carbonyl (C=O) groups excluding carboxylic acids is 1. The Morgan fingerprint density at radius 1 is 1.03 bits per heavy atom. The minimum Gasteiger partial charge on any atom is -0.507 e. The van der Waals surface area contributed by atoms with E-state index < -0.39 is 23.4 Å². The maximum atomic E-state index is 13.6. The smallest absolute Gasteiger partial charge is 0.335 e. The zero-order valence-corrected chi connectivity index (χ0v) is 18.8. The molecule has 0 saturated heterocycles. The zero-order valence-electron chi connectivity index (χ0n) is 18.8. The predicted octanol–water partition coefficient (Wildman–Crippen LogP) is 5.09. The van der Waals surface area contributed by atoms with Crippen LogP contribution in [0.3, 0.4) is 0 Å². The van der Waals surface area contributed by atoms with Gasteiger partial charge in [0.1, 0.15) is 28.9 Å². The first kappa shape index (κ1) is 23.9. The highest BCUT2D eigenvalue weighted by Gasteiger charge is 2.21. The summed E-state index contributed by atoms with van der Waals surface area (Å²) in [5.41, 5.74) is 1.02. The zero-order chi connectivity index (χ0) is 25.8. The maximum Gasteiger partial charge on any atom is 0.335 e. The number of nitrogens with one attached hydrogen (secondary N) is 1. The fraction of sp³-hybridized carbons (Fsp3) is 0.0370. The van der Waals surface area contributed by atoms with Crippen LogP contribution >= 0.6 is 0 Å². The summed E-state index contributed by atoms with van der Waals surface area (Å²) in [5.74, 6) is -2.67. The third kappa shape index (κ3) is 4.69. The Bertz CT molecular complexity index is 1550. The van der Waals surface area contributed by atoms with E-state index in [0.717, 1.165) is 12.1 Å². The van der Waals surface area contributed by atoms with E-state index in [1.165, 1.54) is 43.5 Å². The average Bonchev–Trinajstić information content (AvgIpc) is 2.88. The molecule has 0 saturated carbocycles. The number of benzene rings is 3. The number of carboxylic acids is 1. The summed E-state index contributed by atoms with van der Waals surface area (Å²) < 4.78 is 18.8. The molecule has 8 nitrogen and oxygen atoms in total. The first-order valence-electron chi connectivity index (χ1n) is 10.5. The molecule has 3 aromatic carbocycles. The van der Waals surface area contributed by atoms with Crippen molar-refractivity contribution in [2.75, 3.05) is 12.4 Å². The minimum absolute atomic E-state index is 0.0148. The minimum atomic E-state index is -1.16. The molecule has 3 N–H and O–H groups in total. The molecule has 0 aliphatic carbocycles. The lowest BCUT2D eigenvalue weighted by atomic mass is 9.96. The Morgan fingerprint density at radius 2 is 1.81 bits per heavy atom. The molecule has 0 fully saturated rings. The molecule has 1 aromatic heterocycles. The van der Waals surface area contributed by atoms with Crippen molar-refractivity contribution < 1.29 is 28.9 Å². The summed E-state index contributed by atoms with van der Waals surface area (Å²) in [6.45, 7) is 0. The average molecular weight is 483 g/mol. The van der Waals surface area contributed by atoms with E-state index in [2.05, 4.69) is 10.3 Å². The molecule has 0 spiro atoms. The number of para-hydroxylation sites is 1. The van der Waals surface area contributed by atoms with Crippen LogP contribution in [0.25, 0.3) is 22.4 Å². The molecule has 9 heteroatoms. The van der Waals surface area contributed by atoms with E-state index in [1.54, 1.807) is 24.3 Å². The fourth-order valence-electron chi connectivity index (χ4n) is 3.66. The van der Waals surface area contributed by atoms with Crippen LogP contribution in [0.1, 0.15) is 26.3 Å². The summed E-state index contributed by atoms with van der Waals surface area (Å²) in [7, 11) is 1.41. The lowest BCUT2D eigenvalue weighted by molar-refractivity contribution is 0.0696. The van der Waals surface area contributed by atoms with Crippen molar-refractivity contribution in [1.82, 2.24) is 4.98 Å². The van der Waals surface area contributed by atoms with E-state index >= 15 is 0 Å².